The van der Waals surface area contributed by atoms with Crippen LogP contribution in [-0.2, 0) is 0 Å². The second kappa shape index (κ2) is 3.76. The van der Waals surface area contributed by atoms with Crippen LogP contribution in [0.25, 0.3) is 0 Å². The van der Waals surface area contributed by atoms with E-state index in [-0.39, 0.29) is 4.46 Å². The summed E-state index contributed by atoms with van der Waals surface area (Å²) in [6.07, 6.45) is 0. The first-order valence-corrected chi connectivity index (χ1v) is 4.20. The maximum atomic E-state index is 5.45. The minimum atomic E-state index is -0.153. The Labute approximate surface area is 57.0 Å². The average molecular weight is 155 g/mol. The number of hydrogen-bond donors (Lipinski definition) is 0. The summed E-state index contributed by atoms with van der Waals surface area (Å²) in [6, 6.07) is 0. The number of halogens is 2. The van der Waals surface area contributed by atoms with Crippen LogP contribution in [0.15, 0.2) is 0 Å². The van der Waals surface area contributed by atoms with Gasteiger partial charge in [0.15, 0.2) is 0 Å². The fraction of sp³-hybridized carbons (Fsp3) is 1.00. The molecular weight excluding hydrogens is 147 g/mol. The van der Waals surface area contributed by atoms with Crippen LogP contribution in [0, 0.1) is 0 Å². The Bertz CT molecular complexity index is 39.0. The molecule has 0 rings (SSSR count). The van der Waals surface area contributed by atoms with E-state index in [1.54, 1.807) is 0 Å². The molecule has 0 nitrogen and oxygen atoms in total. The zero-order chi connectivity index (χ0) is 5.86. The lowest BCUT2D eigenvalue weighted by Gasteiger charge is -1.99. The first kappa shape index (κ1) is 7.80. The van der Waals surface area contributed by atoms with Crippen LogP contribution >= 0.6 is 23.2 Å². The van der Waals surface area contributed by atoms with E-state index < -0.39 is 0 Å². The van der Waals surface area contributed by atoms with Gasteiger partial charge in [0.1, 0.15) is 0 Å². The quantitative estimate of drug-likeness (QED) is 0.424. The molecule has 0 aliphatic heterocycles. The molecule has 0 amide bonds. The molecule has 0 bridgehead atoms. The zero-order valence-corrected chi connectivity index (χ0v) is 6.92. The Balaban J connectivity index is 2.95. The highest BCUT2D eigenvalue weighted by atomic mass is 35.5. The van der Waals surface area contributed by atoms with Gasteiger partial charge >= 0.3 is 0 Å². The average Bonchev–Trinajstić information content (AvgIpc) is 1.27. The van der Waals surface area contributed by atoms with Crippen LogP contribution in [-0.4, -0.2) is 14.0 Å². The van der Waals surface area contributed by atoms with Gasteiger partial charge in [-0.15, -0.1) is 23.2 Å². The maximum absolute atomic E-state index is 5.45. The Kier molecular flexibility index (Phi) is 4.18. The van der Waals surface area contributed by atoms with Crippen LogP contribution in [0.5, 0.6) is 0 Å². The SMILES string of the molecule is CC(C)[Si]C(Cl)Cl. The summed E-state index contributed by atoms with van der Waals surface area (Å²) in [5.74, 6) is 0. The fourth-order valence-electron chi connectivity index (χ4n) is 0.252. The molecule has 0 atom stereocenters. The molecule has 0 aromatic heterocycles. The lowest BCUT2D eigenvalue weighted by Crippen LogP contribution is -2.04. The van der Waals surface area contributed by atoms with Crippen LogP contribution in [0.3, 0.4) is 0 Å². The van der Waals surface area contributed by atoms with Gasteiger partial charge in [-0.05, 0) is 0 Å². The van der Waals surface area contributed by atoms with Gasteiger partial charge < -0.3 is 0 Å². The lowest BCUT2D eigenvalue weighted by molar-refractivity contribution is 1.06. The van der Waals surface area contributed by atoms with Crippen molar-refractivity contribution in [2.24, 2.45) is 0 Å². The third kappa shape index (κ3) is 6.80. The highest BCUT2D eigenvalue weighted by molar-refractivity contribution is 6.69. The minimum Gasteiger partial charge on any atom is -0.110 e. The second-order valence-corrected chi connectivity index (χ2v) is 5.52. The first-order chi connectivity index (χ1) is 3.13. The van der Waals surface area contributed by atoms with E-state index in [0.717, 1.165) is 0 Å². The summed E-state index contributed by atoms with van der Waals surface area (Å²) in [6.45, 7) is 4.21. The van der Waals surface area contributed by atoms with Crippen LogP contribution in [0.2, 0.25) is 5.54 Å². The van der Waals surface area contributed by atoms with E-state index in [1.165, 1.54) is 0 Å². The second-order valence-electron chi connectivity index (χ2n) is 1.62. The molecule has 7 heavy (non-hydrogen) atoms. The lowest BCUT2D eigenvalue weighted by atomic mass is 10.6. The number of alkyl halides is 2. The van der Waals surface area contributed by atoms with Crippen molar-refractivity contribution >= 4 is 32.7 Å². The van der Waals surface area contributed by atoms with Gasteiger partial charge in [-0.2, -0.15) is 0 Å². The van der Waals surface area contributed by atoms with Gasteiger partial charge in [0, 0.05) is 0 Å². The molecule has 0 N–H and O–H groups in total. The van der Waals surface area contributed by atoms with Crippen molar-refractivity contribution in [1.82, 2.24) is 0 Å². The predicted molar refractivity (Wildman–Crippen MR) is 36.3 cm³/mol. The summed E-state index contributed by atoms with van der Waals surface area (Å²) in [5, 5.41) is 0. The minimum absolute atomic E-state index is 0.153. The Morgan fingerprint density at radius 1 is 1.29 bits per heavy atom. The zero-order valence-electron chi connectivity index (χ0n) is 4.41. The molecule has 2 radical (unpaired) electrons. The van der Waals surface area contributed by atoms with Gasteiger partial charge in [0.25, 0.3) is 0 Å². The van der Waals surface area contributed by atoms with E-state index >= 15 is 0 Å². The third-order valence-electron chi connectivity index (χ3n) is 0.459. The van der Waals surface area contributed by atoms with E-state index in [2.05, 4.69) is 13.8 Å². The van der Waals surface area contributed by atoms with Crippen molar-refractivity contribution in [3.63, 3.8) is 0 Å². The molecule has 0 aromatic rings. The summed E-state index contributed by atoms with van der Waals surface area (Å²) < 4.78 is -0.153. The summed E-state index contributed by atoms with van der Waals surface area (Å²) >= 11 is 10.9. The predicted octanol–water partition coefficient (Wildman–Crippen LogP) is 2.28. The summed E-state index contributed by atoms with van der Waals surface area (Å²) in [4.78, 5) is 0. The molecule has 0 saturated heterocycles. The standard InChI is InChI=1S/C4H8Cl2Si/c1-3(2)7-4(5)6/h3-4H,1-2H3. The molecule has 0 aliphatic rings. The van der Waals surface area contributed by atoms with Crippen LogP contribution in [0.1, 0.15) is 13.8 Å². The van der Waals surface area contributed by atoms with Crippen molar-refractivity contribution in [3.8, 4) is 0 Å². The topological polar surface area (TPSA) is 0 Å². The van der Waals surface area contributed by atoms with Gasteiger partial charge in [0.2, 0.25) is 0 Å². The maximum Gasteiger partial charge on any atom is 0.0931 e. The van der Waals surface area contributed by atoms with Crippen molar-refractivity contribution in [2.45, 2.75) is 23.8 Å². The smallest absolute Gasteiger partial charge is 0.0931 e. The molecule has 0 fully saturated rings. The summed E-state index contributed by atoms with van der Waals surface area (Å²) in [5.41, 5.74) is 0.639. The Morgan fingerprint density at radius 3 is 1.71 bits per heavy atom. The first-order valence-electron chi connectivity index (χ1n) is 2.17. The number of rotatable bonds is 2. The largest absolute Gasteiger partial charge is 0.110 e. The molecule has 0 saturated carbocycles. The van der Waals surface area contributed by atoms with Crippen molar-refractivity contribution in [1.29, 1.82) is 0 Å². The van der Waals surface area contributed by atoms with Crippen LogP contribution in [0.4, 0.5) is 0 Å². The van der Waals surface area contributed by atoms with E-state index in [1.807, 2.05) is 0 Å². The molecule has 0 spiro atoms. The van der Waals surface area contributed by atoms with Gasteiger partial charge in [-0.25, -0.2) is 0 Å². The normalized spacial score (nSPS) is 11.1. The Morgan fingerprint density at radius 2 is 1.71 bits per heavy atom. The molecule has 0 heterocycles. The molecular formula is C4H8Cl2Si. The van der Waals surface area contributed by atoms with E-state index in [4.69, 9.17) is 23.2 Å². The number of hydrogen-bond acceptors (Lipinski definition) is 0. The van der Waals surface area contributed by atoms with E-state index in [9.17, 15) is 0 Å². The fourth-order valence-corrected chi connectivity index (χ4v) is 2.27. The molecule has 3 heteroatoms. The highest BCUT2D eigenvalue weighted by Crippen LogP contribution is 2.07. The van der Waals surface area contributed by atoms with Crippen molar-refractivity contribution in [3.05, 3.63) is 0 Å². The monoisotopic (exact) mass is 154 g/mol. The van der Waals surface area contributed by atoms with Gasteiger partial charge in [0.05, 0.1) is 14.0 Å². The molecule has 0 aromatic carbocycles. The van der Waals surface area contributed by atoms with Crippen LogP contribution < -0.4 is 0 Å². The van der Waals surface area contributed by atoms with Crippen molar-refractivity contribution < 1.29 is 0 Å². The third-order valence-corrected chi connectivity index (χ3v) is 2.13. The van der Waals surface area contributed by atoms with Gasteiger partial charge in [-0.1, -0.05) is 19.4 Å². The van der Waals surface area contributed by atoms with Crippen molar-refractivity contribution in [2.75, 3.05) is 0 Å². The van der Waals surface area contributed by atoms with Gasteiger partial charge in [-0.3, -0.25) is 0 Å². The molecule has 0 unspecified atom stereocenters. The Hall–Kier alpha value is 0.797. The molecule has 0 aliphatic carbocycles. The van der Waals surface area contributed by atoms with E-state index in [0.29, 0.717) is 15.1 Å². The molecule has 42 valence electrons. The summed E-state index contributed by atoms with van der Waals surface area (Å²) in [7, 11) is 0.676. The highest BCUT2D eigenvalue weighted by Gasteiger charge is 2.02.